The number of rotatable bonds is 3. The Labute approximate surface area is 132 Å². The third kappa shape index (κ3) is 3.74. The first kappa shape index (κ1) is 15.4. The van der Waals surface area contributed by atoms with Crippen molar-refractivity contribution in [2.75, 3.05) is 12.4 Å². The average molecular weight is 323 g/mol. The molecule has 0 unspecified atom stereocenters. The maximum absolute atomic E-state index is 12.1. The minimum atomic E-state index is -0.331. The van der Waals surface area contributed by atoms with Gasteiger partial charge >= 0.3 is 0 Å². The van der Waals surface area contributed by atoms with Crippen LogP contribution in [0.2, 0.25) is 10.0 Å². The summed E-state index contributed by atoms with van der Waals surface area (Å²) >= 11 is 11.7. The second-order valence-corrected chi connectivity index (χ2v) is 5.06. The van der Waals surface area contributed by atoms with Gasteiger partial charge in [-0.05, 0) is 36.4 Å². The molecule has 0 saturated carbocycles. The van der Waals surface area contributed by atoms with Gasteiger partial charge in [0.2, 0.25) is 0 Å². The normalized spacial score (nSPS) is 10.0. The fourth-order valence-electron chi connectivity index (χ4n) is 1.72. The van der Waals surface area contributed by atoms with Crippen LogP contribution in [0.15, 0.2) is 42.5 Å². The Morgan fingerprint density at radius 2 is 1.62 bits per heavy atom. The van der Waals surface area contributed by atoms with E-state index in [-0.39, 0.29) is 11.8 Å². The van der Waals surface area contributed by atoms with Crippen LogP contribution in [0.1, 0.15) is 20.7 Å². The van der Waals surface area contributed by atoms with Gasteiger partial charge in [0.25, 0.3) is 11.8 Å². The van der Waals surface area contributed by atoms with Gasteiger partial charge in [-0.15, -0.1) is 0 Å². The molecule has 0 aliphatic heterocycles. The van der Waals surface area contributed by atoms with Gasteiger partial charge in [0, 0.05) is 23.9 Å². The molecule has 2 aromatic carbocycles. The van der Waals surface area contributed by atoms with E-state index in [9.17, 15) is 9.59 Å². The highest BCUT2D eigenvalue weighted by Gasteiger charge is 2.10. The fraction of sp³-hybridized carbons (Fsp3) is 0.0667. The van der Waals surface area contributed by atoms with Gasteiger partial charge in [0.1, 0.15) is 0 Å². The van der Waals surface area contributed by atoms with Crippen molar-refractivity contribution in [3.8, 4) is 0 Å². The van der Waals surface area contributed by atoms with E-state index in [1.54, 1.807) is 43.4 Å². The van der Waals surface area contributed by atoms with Crippen molar-refractivity contribution in [2.24, 2.45) is 0 Å². The van der Waals surface area contributed by atoms with Gasteiger partial charge in [0.05, 0.1) is 10.0 Å². The number of benzene rings is 2. The molecule has 2 rings (SSSR count). The Morgan fingerprint density at radius 1 is 0.905 bits per heavy atom. The van der Waals surface area contributed by atoms with E-state index in [4.69, 9.17) is 23.2 Å². The summed E-state index contributed by atoms with van der Waals surface area (Å²) in [6.07, 6.45) is 0. The molecule has 0 atom stereocenters. The van der Waals surface area contributed by atoms with Crippen LogP contribution >= 0.6 is 23.2 Å². The molecule has 0 saturated heterocycles. The maximum atomic E-state index is 12.1. The maximum Gasteiger partial charge on any atom is 0.255 e. The number of hydrogen-bond acceptors (Lipinski definition) is 2. The molecule has 0 aliphatic carbocycles. The molecule has 2 aromatic rings. The molecule has 108 valence electrons. The van der Waals surface area contributed by atoms with Crippen LogP contribution in [0.3, 0.4) is 0 Å². The lowest BCUT2D eigenvalue weighted by molar-refractivity contribution is 0.0961. The van der Waals surface area contributed by atoms with Crippen LogP contribution in [-0.2, 0) is 0 Å². The van der Waals surface area contributed by atoms with Crippen molar-refractivity contribution in [1.82, 2.24) is 5.32 Å². The molecular weight excluding hydrogens is 311 g/mol. The summed E-state index contributed by atoms with van der Waals surface area (Å²) < 4.78 is 0. The van der Waals surface area contributed by atoms with Crippen LogP contribution in [0.25, 0.3) is 0 Å². The number of amides is 2. The molecule has 0 radical (unpaired) electrons. The highest BCUT2D eigenvalue weighted by molar-refractivity contribution is 6.42. The molecule has 0 fully saturated rings. The Balaban J connectivity index is 2.19. The van der Waals surface area contributed by atoms with Gasteiger partial charge in [-0.1, -0.05) is 29.3 Å². The summed E-state index contributed by atoms with van der Waals surface area (Å²) in [4.78, 5) is 23.7. The monoisotopic (exact) mass is 322 g/mol. The molecule has 2 amide bonds. The van der Waals surface area contributed by atoms with Crippen molar-refractivity contribution in [2.45, 2.75) is 0 Å². The standard InChI is InChI=1S/C15H12Cl2N2O2/c1-18-14(20)9-3-2-4-11(7-9)19-15(21)10-5-6-12(16)13(17)8-10/h2-8H,1H3,(H,18,20)(H,19,21). The van der Waals surface area contributed by atoms with Crippen molar-refractivity contribution in [1.29, 1.82) is 0 Å². The largest absolute Gasteiger partial charge is 0.355 e. The van der Waals surface area contributed by atoms with Crippen LogP contribution < -0.4 is 10.6 Å². The van der Waals surface area contributed by atoms with Crippen molar-refractivity contribution < 1.29 is 9.59 Å². The number of hydrogen-bond donors (Lipinski definition) is 2. The summed E-state index contributed by atoms with van der Waals surface area (Å²) in [6, 6.07) is 11.3. The second kappa shape index (κ2) is 6.61. The molecule has 0 spiro atoms. The van der Waals surface area contributed by atoms with E-state index in [1.807, 2.05) is 0 Å². The van der Waals surface area contributed by atoms with Crippen LogP contribution in [0.5, 0.6) is 0 Å². The zero-order chi connectivity index (χ0) is 15.4. The lowest BCUT2D eigenvalue weighted by Gasteiger charge is -2.07. The number of carbonyl (C=O) groups is 2. The van der Waals surface area contributed by atoms with Crippen LogP contribution in [-0.4, -0.2) is 18.9 Å². The molecule has 0 heterocycles. The summed E-state index contributed by atoms with van der Waals surface area (Å²) in [5.41, 5.74) is 1.37. The lowest BCUT2D eigenvalue weighted by Crippen LogP contribution is -2.18. The van der Waals surface area contributed by atoms with E-state index in [0.29, 0.717) is 26.9 Å². The molecule has 0 aromatic heterocycles. The molecule has 0 aliphatic rings. The van der Waals surface area contributed by atoms with Crippen LogP contribution in [0, 0.1) is 0 Å². The minimum Gasteiger partial charge on any atom is -0.355 e. The number of nitrogens with one attached hydrogen (secondary N) is 2. The number of anilines is 1. The predicted molar refractivity (Wildman–Crippen MR) is 84.2 cm³/mol. The van der Waals surface area contributed by atoms with E-state index < -0.39 is 0 Å². The fourth-order valence-corrected chi connectivity index (χ4v) is 2.02. The number of halogens is 2. The Bertz CT molecular complexity index is 702. The van der Waals surface area contributed by atoms with Crippen LogP contribution in [0.4, 0.5) is 5.69 Å². The summed E-state index contributed by atoms with van der Waals surface area (Å²) in [5.74, 6) is -0.553. The minimum absolute atomic E-state index is 0.222. The first-order valence-corrected chi connectivity index (χ1v) is 6.85. The Hall–Kier alpha value is -2.04. The SMILES string of the molecule is CNC(=O)c1cccc(NC(=O)c2ccc(Cl)c(Cl)c2)c1. The molecular formula is C15H12Cl2N2O2. The third-order valence-electron chi connectivity index (χ3n) is 2.79. The zero-order valence-electron chi connectivity index (χ0n) is 11.1. The van der Waals surface area contributed by atoms with E-state index >= 15 is 0 Å². The summed E-state index contributed by atoms with van der Waals surface area (Å²) in [7, 11) is 1.54. The second-order valence-electron chi connectivity index (χ2n) is 4.24. The van der Waals surface area contributed by atoms with E-state index in [0.717, 1.165) is 0 Å². The molecule has 0 bridgehead atoms. The highest BCUT2D eigenvalue weighted by Crippen LogP contribution is 2.23. The number of carbonyl (C=O) groups excluding carboxylic acids is 2. The van der Waals surface area contributed by atoms with Gasteiger partial charge in [-0.25, -0.2) is 0 Å². The summed E-state index contributed by atoms with van der Waals surface area (Å²) in [5, 5.41) is 5.92. The quantitative estimate of drug-likeness (QED) is 0.907. The van der Waals surface area contributed by atoms with Gasteiger partial charge in [0.15, 0.2) is 0 Å². The van der Waals surface area contributed by atoms with Gasteiger partial charge < -0.3 is 10.6 Å². The predicted octanol–water partition coefficient (Wildman–Crippen LogP) is 3.61. The molecule has 6 heteroatoms. The molecule has 4 nitrogen and oxygen atoms in total. The van der Waals surface area contributed by atoms with Crippen molar-refractivity contribution in [3.63, 3.8) is 0 Å². The lowest BCUT2D eigenvalue weighted by atomic mass is 10.1. The average Bonchev–Trinajstić information content (AvgIpc) is 2.49. The first-order valence-electron chi connectivity index (χ1n) is 6.10. The zero-order valence-corrected chi connectivity index (χ0v) is 12.6. The first-order chi connectivity index (χ1) is 10.0. The van der Waals surface area contributed by atoms with E-state index in [2.05, 4.69) is 10.6 Å². The molecule has 2 N–H and O–H groups in total. The third-order valence-corrected chi connectivity index (χ3v) is 3.53. The summed E-state index contributed by atoms with van der Waals surface area (Å²) in [6.45, 7) is 0. The smallest absolute Gasteiger partial charge is 0.255 e. The molecule has 21 heavy (non-hydrogen) atoms. The van der Waals surface area contributed by atoms with Crippen molar-refractivity contribution in [3.05, 3.63) is 63.6 Å². The Morgan fingerprint density at radius 3 is 2.29 bits per heavy atom. The van der Waals surface area contributed by atoms with Gasteiger partial charge in [-0.2, -0.15) is 0 Å². The van der Waals surface area contributed by atoms with E-state index in [1.165, 1.54) is 6.07 Å². The Kier molecular flexibility index (Phi) is 4.83. The van der Waals surface area contributed by atoms with Crippen molar-refractivity contribution >= 4 is 40.7 Å². The van der Waals surface area contributed by atoms with Gasteiger partial charge in [-0.3, -0.25) is 9.59 Å². The highest BCUT2D eigenvalue weighted by atomic mass is 35.5. The topological polar surface area (TPSA) is 58.2 Å².